The highest BCUT2D eigenvalue weighted by Gasteiger charge is 2.12. The number of hydrogen-bond acceptors (Lipinski definition) is 4. The molecule has 0 unspecified atom stereocenters. The predicted octanol–water partition coefficient (Wildman–Crippen LogP) is 4.14. The first-order valence-corrected chi connectivity index (χ1v) is 7.30. The Morgan fingerprint density at radius 2 is 2.11 bits per heavy atom. The highest BCUT2D eigenvalue weighted by atomic mass is 127. The number of aromatic nitrogens is 2. The van der Waals surface area contributed by atoms with E-state index in [0.29, 0.717) is 21.7 Å². The van der Waals surface area contributed by atoms with Crippen LogP contribution < -0.4 is 11.1 Å². The van der Waals surface area contributed by atoms with Gasteiger partial charge >= 0.3 is 0 Å². The van der Waals surface area contributed by atoms with Crippen molar-refractivity contribution in [2.45, 2.75) is 13.0 Å². The topological polar surface area (TPSA) is 63.8 Å². The standard InChI is InChI=1S/C12H11Cl2IN4/c1-6(8-3-2-7(13)4-9(8)14)18-12-11(16)17-5-10(15)19-12/h2-6H,1H3,(H2,16,17)(H,18,19)/t6-/m1/s1. The average Bonchev–Trinajstić information content (AvgIpc) is 2.33. The zero-order valence-corrected chi connectivity index (χ0v) is 13.7. The molecule has 1 aromatic carbocycles. The van der Waals surface area contributed by atoms with E-state index in [1.165, 1.54) is 0 Å². The second-order valence-corrected chi connectivity index (χ2v) is 5.91. The number of rotatable bonds is 3. The van der Waals surface area contributed by atoms with Crippen molar-refractivity contribution in [2.75, 3.05) is 11.1 Å². The van der Waals surface area contributed by atoms with Crippen LogP contribution in [-0.4, -0.2) is 9.97 Å². The van der Waals surface area contributed by atoms with E-state index < -0.39 is 0 Å². The molecule has 1 aromatic heterocycles. The third-order valence-electron chi connectivity index (χ3n) is 2.55. The maximum atomic E-state index is 6.17. The van der Waals surface area contributed by atoms with Gasteiger partial charge in [0.15, 0.2) is 11.6 Å². The molecule has 2 rings (SSSR count). The zero-order valence-electron chi connectivity index (χ0n) is 9.99. The minimum absolute atomic E-state index is 0.0560. The molecule has 0 radical (unpaired) electrons. The van der Waals surface area contributed by atoms with Crippen LogP contribution in [0.15, 0.2) is 24.4 Å². The summed E-state index contributed by atoms with van der Waals surface area (Å²) in [5.41, 5.74) is 6.71. The van der Waals surface area contributed by atoms with Crippen molar-refractivity contribution >= 4 is 57.4 Å². The first-order valence-electron chi connectivity index (χ1n) is 5.47. The van der Waals surface area contributed by atoms with E-state index in [-0.39, 0.29) is 6.04 Å². The van der Waals surface area contributed by atoms with Gasteiger partial charge in [-0.15, -0.1) is 0 Å². The molecule has 7 heteroatoms. The van der Waals surface area contributed by atoms with Gasteiger partial charge in [-0.25, -0.2) is 9.97 Å². The van der Waals surface area contributed by atoms with Crippen molar-refractivity contribution in [3.05, 3.63) is 43.7 Å². The zero-order chi connectivity index (χ0) is 14.0. The summed E-state index contributed by atoms with van der Waals surface area (Å²) in [6, 6.07) is 5.32. The summed E-state index contributed by atoms with van der Waals surface area (Å²) in [5.74, 6) is 0.905. The van der Waals surface area contributed by atoms with Gasteiger partial charge in [-0.05, 0) is 47.2 Å². The molecule has 0 spiro atoms. The molecule has 0 amide bonds. The van der Waals surface area contributed by atoms with Crippen LogP contribution in [-0.2, 0) is 0 Å². The summed E-state index contributed by atoms with van der Waals surface area (Å²) >= 11 is 14.1. The Bertz CT molecular complexity index is 606. The van der Waals surface area contributed by atoms with Crippen molar-refractivity contribution < 1.29 is 0 Å². The van der Waals surface area contributed by atoms with Crippen LogP contribution in [0.1, 0.15) is 18.5 Å². The van der Waals surface area contributed by atoms with Gasteiger partial charge in [0.2, 0.25) is 0 Å². The van der Waals surface area contributed by atoms with E-state index in [1.54, 1.807) is 18.3 Å². The molecule has 0 fully saturated rings. The Hall–Kier alpha value is -0.790. The Morgan fingerprint density at radius 1 is 1.37 bits per heavy atom. The predicted molar refractivity (Wildman–Crippen MR) is 87.7 cm³/mol. The van der Waals surface area contributed by atoms with Crippen molar-refractivity contribution in [3.63, 3.8) is 0 Å². The van der Waals surface area contributed by atoms with Gasteiger partial charge < -0.3 is 11.1 Å². The molecule has 0 aliphatic rings. The first kappa shape index (κ1) is 14.6. The van der Waals surface area contributed by atoms with Crippen LogP contribution in [0.25, 0.3) is 0 Å². The molecule has 3 N–H and O–H groups in total. The Labute approximate surface area is 134 Å². The fourth-order valence-electron chi connectivity index (χ4n) is 1.62. The molecule has 19 heavy (non-hydrogen) atoms. The van der Waals surface area contributed by atoms with Crippen molar-refractivity contribution in [1.82, 2.24) is 9.97 Å². The lowest BCUT2D eigenvalue weighted by Crippen LogP contribution is -2.11. The molecule has 4 nitrogen and oxygen atoms in total. The normalized spacial score (nSPS) is 12.2. The molecule has 1 heterocycles. The molecule has 2 aromatic rings. The van der Waals surface area contributed by atoms with Crippen LogP contribution in [0.4, 0.5) is 11.6 Å². The molecule has 1 atom stereocenters. The van der Waals surface area contributed by atoms with E-state index in [9.17, 15) is 0 Å². The number of nitrogens with two attached hydrogens (primary N) is 1. The Morgan fingerprint density at radius 3 is 2.79 bits per heavy atom. The molecule has 0 aliphatic carbocycles. The van der Waals surface area contributed by atoms with E-state index in [4.69, 9.17) is 28.9 Å². The largest absolute Gasteiger partial charge is 0.381 e. The molecular formula is C12H11Cl2IN4. The van der Waals surface area contributed by atoms with Gasteiger partial charge in [-0.1, -0.05) is 29.3 Å². The minimum atomic E-state index is -0.0560. The van der Waals surface area contributed by atoms with Gasteiger partial charge in [-0.3, -0.25) is 0 Å². The molecule has 0 saturated carbocycles. The number of nitrogens with one attached hydrogen (secondary N) is 1. The second-order valence-electron chi connectivity index (χ2n) is 3.96. The maximum absolute atomic E-state index is 6.17. The van der Waals surface area contributed by atoms with Crippen LogP contribution in [0.5, 0.6) is 0 Å². The summed E-state index contributed by atoms with van der Waals surface area (Å²) in [7, 11) is 0. The lowest BCUT2D eigenvalue weighted by Gasteiger charge is -2.17. The molecular weight excluding hydrogens is 398 g/mol. The number of anilines is 2. The Kier molecular flexibility index (Phi) is 4.70. The fourth-order valence-corrected chi connectivity index (χ4v) is 2.57. The van der Waals surface area contributed by atoms with Crippen LogP contribution >= 0.6 is 45.8 Å². The average molecular weight is 409 g/mol. The Balaban J connectivity index is 2.25. The number of halogens is 3. The van der Waals surface area contributed by atoms with E-state index in [1.807, 2.05) is 13.0 Å². The summed E-state index contributed by atoms with van der Waals surface area (Å²) in [4.78, 5) is 8.36. The lowest BCUT2D eigenvalue weighted by molar-refractivity contribution is 0.871. The molecule has 0 bridgehead atoms. The monoisotopic (exact) mass is 408 g/mol. The second kappa shape index (κ2) is 6.11. The first-order chi connectivity index (χ1) is 8.97. The van der Waals surface area contributed by atoms with Gasteiger partial charge in [0.05, 0.1) is 12.2 Å². The van der Waals surface area contributed by atoms with Crippen molar-refractivity contribution in [3.8, 4) is 0 Å². The third-order valence-corrected chi connectivity index (χ3v) is 3.64. The van der Waals surface area contributed by atoms with Crippen molar-refractivity contribution in [1.29, 1.82) is 0 Å². The SMILES string of the molecule is C[C@@H](Nc1nc(I)cnc1N)c1ccc(Cl)cc1Cl. The quantitative estimate of drug-likeness (QED) is 0.749. The molecule has 100 valence electrons. The van der Waals surface area contributed by atoms with E-state index in [2.05, 4.69) is 37.9 Å². The number of nitrogen functional groups attached to an aromatic ring is 1. The van der Waals surface area contributed by atoms with Gasteiger partial charge in [-0.2, -0.15) is 0 Å². The van der Waals surface area contributed by atoms with Crippen LogP contribution in [0.2, 0.25) is 10.0 Å². The van der Waals surface area contributed by atoms with Crippen molar-refractivity contribution in [2.24, 2.45) is 0 Å². The summed E-state index contributed by atoms with van der Waals surface area (Å²) in [6.07, 6.45) is 1.61. The van der Waals surface area contributed by atoms with Gasteiger partial charge in [0.1, 0.15) is 3.70 Å². The van der Waals surface area contributed by atoms with Gasteiger partial charge in [0.25, 0.3) is 0 Å². The summed E-state index contributed by atoms with van der Waals surface area (Å²) in [5, 5.41) is 4.40. The number of hydrogen-bond donors (Lipinski definition) is 2. The van der Waals surface area contributed by atoms with E-state index >= 15 is 0 Å². The highest BCUT2D eigenvalue weighted by molar-refractivity contribution is 14.1. The molecule has 0 aliphatic heterocycles. The number of nitrogens with zero attached hydrogens (tertiary/aromatic N) is 2. The third kappa shape index (κ3) is 3.61. The lowest BCUT2D eigenvalue weighted by atomic mass is 10.1. The van der Waals surface area contributed by atoms with E-state index in [0.717, 1.165) is 9.26 Å². The minimum Gasteiger partial charge on any atom is -0.381 e. The summed E-state index contributed by atoms with van der Waals surface area (Å²) < 4.78 is 0.767. The van der Waals surface area contributed by atoms with Gasteiger partial charge in [0, 0.05) is 10.0 Å². The fraction of sp³-hybridized carbons (Fsp3) is 0.167. The smallest absolute Gasteiger partial charge is 0.170 e. The van der Waals surface area contributed by atoms with Crippen LogP contribution in [0.3, 0.4) is 0 Å². The maximum Gasteiger partial charge on any atom is 0.170 e. The number of benzene rings is 1. The summed E-state index contributed by atoms with van der Waals surface area (Å²) in [6.45, 7) is 1.97. The van der Waals surface area contributed by atoms with Crippen LogP contribution in [0, 0.1) is 3.70 Å². The molecule has 0 saturated heterocycles. The highest BCUT2D eigenvalue weighted by Crippen LogP contribution is 2.29.